The molecule has 21 heavy (non-hydrogen) atoms. The number of rotatable bonds is 5. The van der Waals surface area contributed by atoms with Crippen molar-refractivity contribution in [3.8, 4) is 0 Å². The van der Waals surface area contributed by atoms with Gasteiger partial charge in [0.05, 0.1) is 6.54 Å². The maximum absolute atomic E-state index is 12.3. The highest BCUT2D eigenvalue weighted by atomic mass is 32.2. The Morgan fingerprint density at radius 3 is 2.67 bits per heavy atom. The van der Waals surface area contributed by atoms with Crippen LogP contribution in [0.15, 0.2) is 0 Å². The summed E-state index contributed by atoms with van der Waals surface area (Å²) in [7, 11) is -3.65. The Bertz CT molecular complexity index is 450. The molecule has 0 aromatic heterocycles. The smallest absolute Gasteiger partial charge is 0.274 e. The Balaban J connectivity index is 1.78. The molecule has 2 heterocycles. The summed E-state index contributed by atoms with van der Waals surface area (Å²) >= 11 is 0. The predicted molar refractivity (Wildman–Crippen MR) is 79.7 cm³/mol. The third-order valence-electron chi connectivity index (χ3n) is 4.01. The third kappa shape index (κ3) is 5.87. The summed E-state index contributed by atoms with van der Waals surface area (Å²) in [6.07, 6.45) is 1.82. The minimum Gasteiger partial charge on any atom is -0.341 e. The molecule has 0 aliphatic carbocycles. The van der Waals surface area contributed by atoms with E-state index in [9.17, 15) is 13.2 Å². The van der Waals surface area contributed by atoms with Crippen molar-refractivity contribution in [2.75, 3.05) is 52.4 Å². The number of piperazine rings is 1. The van der Waals surface area contributed by atoms with Crippen LogP contribution < -0.4 is 15.2 Å². The fraction of sp³-hybridized carbons (Fsp3) is 0.917. The molecular formula is C12H25N5O3S. The van der Waals surface area contributed by atoms with E-state index in [1.807, 2.05) is 4.90 Å². The van der Waals surface area contributed by atoms with E-state index < -0.39 is 10.2 Å². The van der Waals surface area contributed by atoms with E-state index in [-0.39, 0.29) is 11.8 Å². The molecule has 1 unspecified atom stereocenters. The van der Waals surface area contributed by atoms with Gasteiger partial charge in [-0.1, -0.05) is 0 Å². The Morgan fingerprint density at radius 2 is 2.00 bits per heavy atom. The highest BCUT2D eigenvalue weighted by Gasteiger charge is 2.25. The maximum atomic E-state index is 12.3. The fourth-order valence-electron chi connectivity index (χ4n) is 2.85. The fourth-order valence-corrected chi connectivity index (χ4v) is 3.32. The van der Waals surface area contributed by atoms with Crippen LogP contribution >= 0.6 is 0 Å². The number of carbonyl (C=O) groups is 1. The van der Waals surface area contributed by atoms with Crippen LogP contribution in [0.3, 0.4) is 0 Å². The van der Waals surface area contributed by atoms with Gasteiger partial charge in [-0.3, -0.25) is 9.69 Å². The van der Waals surface area contributed by atoms with Gasteiger partial charge in [0.15, 0.2) is 0 Å². The Labute approximate surface area is 126 Å². The van der Waals surface area contributed by atoms with Crippen molar-refractivity contribution in [3.05, 3.63) is 0 Å². The molecule has 1 amide bonds. The number of hydrogen-bond acceptors (Lipinski definition) is 5. The second-order valence-corrected chi connectivity index (χ2v) is 7.15. The number of nitrogens with one attached hydrogen (secondary N) is 2. The highest BCUT2D eigenvalue weighted by Crippen LogP contribution is 2.16. The number of amides is 1. The van der Waals surface area contributed by atoms with Gasteiger partial charge in [-0.25, -0.2) is 9.86 Å². The van der Waals surface area contributed by atoms with Gasteiger partial charge in [0.2, 0.25) is 5.91 Å². The number of hydrogen-bond donors (Lipinski definition) is 3. The number of nitrogens with zero attached hydrogens (tertiary/aromatic N) is 2. The molecule has 4 N–H and O–H groups in total. The van der Waals surface area contributed by atoms with E-state index in [1.54, 1.807) is 0 Å². The molecule has 0 bridgehead atoms. The Hall–Kier alpha value is -0.740. The first-order chi connectivity index (χ1) is 9.94. The summed E-state index contributed by atoms with van der Waals surface area (Å²) < 4.78 is 24.2. The summed E-state index contributed by atoms with van der Waals surface area (Å²) in [6, 6.07) is 0. The second-order valence-electron chi connectivity index (χ2n) is 5.77. The van der Waals surface area contributed by atoms with E-state index in [1.165, 1.54) is 0 Å². The molecule has 2 saturated heterocycles. The van der Waals surface area contributed by atoms with Crippen LogP contribution in [0.5, 0.6) is 0 Å². The quantitative estimate of drug-likeness (QED) is 0.539. The Morgan fingerprint density at radius 1 is 1.29 bits per heavy atom. The van der Waals surface area contributed by atoms with Crippen LogP contribution in [-0.2, 0) is 15.0 Å². The highest BCUT2D eigenvalue weighted by molar-refractivity contribution is 7.87. The van der Waals surface area contributed by atoms with E-state index in [4.69, 9.17) is 5.14 Å². The first-order valence-electron chi connectivity index (χ1n) is 7.42. The summed E-state index contributed by atoms with van der Waals surface area (Å²) in [6.45, 7) is 5.77. The van der Waals surface area contributed by atoms with Gasteiger partial charge < -0.3 is 10.2 Å². The lowest BCUT2D eigenvalue weighted by Crippen LogP contribution is -2.51. The minimum atomic E-state index is -3.65. The average molecular weight is 319 g/mol. The van der Waals surface area contributed by atoms with Gasteiger partial charge in [-0.15, -0.1) is 0 Å². The SMILES string of the molecule is NS(=O)(=O)NCC1CCCN(C(=O)CN2CCNCC2)C1. The lowest BCUT2D eigenvalue weighted by Gasteiger charge is -2.35. The molecule has 0 radical (unpaired) electrons. The van der Waals surface area contributed by atoms with Crippen molar-refractivity contribution in [1.29, 1.82) is 0 Å². The molecule has 2 aliphatic rings. The summed E-state index contributed by atoms with van der Waals surface area (Å²) in [5, 5.41) is 8.20. The van der Waals surface area contributed by atoms with Crippen LogP contribution in [0.4, 0.5) is 0 Å². The molecule has 0 aromatic rings. The van der Waals surface area contributed by atoms with Gasteiger partial charge in [-0.05, 0) is 18.8 Å². The zero-order valence-corrected chi connectivity index (χ0v) is 13.1. The minimum absolute atomic E-state index is 0.136. The number of likely N-dealkylation sites (tertiary alicyclic amines) is 1. The molecule has 9 heteroatoms. The third-order valence-corrected chi connectivity index (χ3v) is 4.58. The molecule has 2 aliphatic heterocycles. The first kappa shape index (κ1) is 16.6. The van der Waals surface area contributed by atoms with E-state index in [0.29, 0.717) is 19.6 Å². The van der Waals surface area contributed by atoms with Crippen molar-refractivity contribution >= 4 is 16.1 Å². The number of carbonyl (C=O) groups excluding carboxylic acids is 1. The van der Waals surface area contributed by atoms with Crippen molar-refractivity contribution in [3.63, 3.8) is 0 Å². The van der Waals surface area contributed by atoms with E-state index in [0.717, 1.165) is 45.6 Å². The monoisotopic (exact) mass is 319 g/mol. The molecule has 2 rings (SSSR count). The molecular weight excluding hydrogens is 294 g/mol. The van der Waals surface area contributed by atoms with Gasteiger partial charge in [0, 0.05) is 45.8 Å². The lowest BCUT2D eigenvalue weighted by molar-refractivity contribution is -0.134. The normalized spacial score (nSPS) is 25.0. The molecule has 1 atom stereocenters. The Kier molecular flexibility index (Phi) is 5.94. The van der Waals surface area contributed by atoms with Crippen LogP contribution in [0.25, 0.3) is 0 Å². The van der Waals surface area contributed by atoms with Gasteiger partial charge >= 0.3 is 0 Å². The van der Waals surface area contributed by atoms with Crippen LogP contribution in [0.2, 0.25) is 0 Å². The van der Waals surface area contributed by atoms with Crippen molar-refractivity contribution in [2.24, 2.45) is 11.1 Å². The first-order valence-corrected chi connectivity index (χ1v) is 8.97. The largest absolute Gasteiger partial charge is 0.341 e. The van der Waals surface area contributed by atoms with Crippen LogP contribution in [0.1, 0.15) is 12.8 Å². The van der Waals surface area contributed by atoms with E-state index >= 15 is 0 Å². The van der Waals surface area contributed by atoms with Gasteiger partial charge in [0.1, 0.15) is 0 Å². The van der Waals surface area contributed by atoms with Crippen molar-refractivity contribution in [1.82, 2.24) is 19.8 Å². The van der Waals surface area contributed by atoms with Crippen molar-refractivity contribution in [2.45, 2.75) is 12.8 Å². The zero-order valence-electron chi connectivity index (χ0n) is 12.3. The van der Waals surface area contributed by atoms with E-state index in [2.05, 4.69) is 14.9 Å². The van der Waals surface area contributed by atoms with Crippen LogP contribution in [0, 0.1) is 5.92 Å². The predicted octanol–water partition coefficient (Wildman–Crippen LogP) is -2.08. The van der Waals surface area contributed by atoms with Crippen molar-refractivity contribution < 1.29 is 13.2 Å². The molecule has 2 fully saturated rings. The molecule has 0 spiro atoms. The lowest BCUT2D eigenvalue weighted by atomic mass is 9.98. The summed E-state index contributed by atoms with van der Waals surface area (Å²) in [5.41, 5.74) is 0. The number of piperidine rings is 1. The standard InChI is InChI=1S/C12H25N5O3S/c13-21(19,20)15-8-11-2-1-5-17(9-11)12(18)10-16-6-3-14-4-7-16/h11,14-15H,1-10H2,(H2,13,19,20). The molecule has 0 aromatic carbocycles. The summed E-state index contributed by atoms with van der Waals surface area (Å²) in [4.78, 5) is 16.3. The van der Waals surface area contributed by atoms with Gasteiger partial charge in [-0.2, -0.15) is 8.42 Å². The van der Waals surface area contributed by atoms with Gasteiger partial charge in [0.25, 0.3) is 10.2 Å². The maximum Gasteiger partial charge on any atom is 0.274 e. The zero-order chi connectivity index (χ0) is 15.3. The molecule has 0 saturated carbocycles. The molecule has 8 nitrogen and oxygen atoms in total. The number of nitrogens with two attached hydrogens (primary N) is 1. The average Bonchev–Trinajstić information content (AvgIpc) is 2.46. The van der Waals surface area contributed by atoms with Crippen LogP contribution in [-0.4, -0.2) is 76.5 Å². The molecule has 122 valence electrons. The second kappa shape index (κ2) is 7.50. The topological polar surface area (TPSA) is 108 Å². The summed E-state index contributed by atoms with van der Waals surface area (Å²) in [5.74, 6) is 0.279.